The van der Waals surface area contributed by atoms with E-state index < -0.39 is 0 Å². The lowest BCUT2D eigenvalue weighted by Gasteiger charge is -2.20. The predicted octanol–water partition coefficient (Wildman–Crippen LogP) is 2.57. The van der Waals surface area contributed by atoms with Gasteiger partial charge in [0.2, 0.25) is 0 Å². The van der Waals surface area contributed by atoms with Crippen LogP contribution in [0, 0.1) is 18.8 Å². The van der Waals surface area contributed by atoms with E-state index in [0.29, 0.717) is 11.8 Å². The Hall–Kier alpha value is -0.870. The van der Waals surface area contributed by atoms with Gasteiger partial charge in [-0.15, -0.1) is 0 Å². The molecule has 1 aromatic carbocycles. The average molecular weight is 323 g/mol. The van der Waals surface area contributed by atoms with E-state index >= 15 is 0 Å². The lowest BCUT2D eigenvalue weighted by atomic mass is 9.98. The van der Waals surface area contributed by atoms with Gasteiger partial charge in [0.25, 0.3) is 5.91 Å². The molecule has 0 bridgehead atoms. The Morgan fingerprint density at radius 3 is 2.89 bits per heavy atom. The maximum absolute atomic E-state index is 12.6. The maximum Gasteiger partial charge on any atom is 0.254 e. The minimum atomic E-state index is 0.153. The van der Waals surface area contributed by atoms with Crippen molar-refractivity contribution < 1.29 is 4.79 Å². The van der Waals surface area contributed by atoms with Crippen LogP contribution in [0.3, 0.4) is 0 Å². The Balaban J connectivity index is 1.81. The van der Waals surface area contributed by atoms with E-state index in [2.05, 4.69) is 15.9 Å². The Bertz CT molecular complexity index is 517. The van der Waals surface area contributed by atoms with Crippen molar-refractivity contribution in [1.82, 2.24) is 4.90 Å². The predicted molar refractivity (Wildman–Crippen MR) is 79.0 cm³/mol. The van der Waals surface area contributed by atoms with E-state index in [0.717, 1.165) is 35.1 Å². The number of amides is 1. The minimum Gasteiger partial charge on any atom is -0.338 e. The van der Waals surface area contributed by atoms with Gasteiger partial charge >= 0.3 is 0 Å². The van der Waals surface area contributed by atoms with Gasteiger partial charge < -0.3 is 10.6 Å². The van der Waals surface area contributed by atoms with Gasteiger partial charge in [-0.25, -0.2) is 0 Å². The molecule has 1 amide bonds. The summed E-state index contributed by atoms with van der Waals surface area (Å²) < 4.78 is 0.995. The first-order chi connectivity index (χ1) is 9.08. The summed E-state index contributed by atoms with van der Waals surface area (Å²) in [5, 5.41) is 0. The van der Waals surface area contributed by atoms with Gasteiger partial charge in [-0.1, -0.05) is 22.0 Å². The van der Waals surface area contributed by atoms with Gasteiger partial charge in [-0.05, 0) is 49.3 Å². The molecular weight excluding hydrogens is 304 g/mol. The number of hydrogen-bond donors (Lipinski definition) is 1. The lowest BCUT2D eigenvalue weighted by molar-refractivity contribution is 0.0779. The molecule has 1 heterocycles. The molecule has 3 atom stereocenters. The third kappa shape index (κ3) is 2.21. The number of halogens is 1. The molecule has 3 unspecified atom stereocenters. The molecular formula is C15H19BrN2O. The van der Waals surface area contributed by atoms with Gasteiger partial charge in [0.05, 0.1) is 0 Å². The summed E-state index contributed by atoms with van der Waals surface area (Å²) >= 11 is 3.49. The Labute approximate surface area is 122 Å². The van der Waals surface area contributed by atoms with Gasteiger partial charge in [0, 0.05) is 29.2 Å². The number of carbonyl (C=O) groups excluding carboxylic acids is 1. The van der Waals surface area contributed by atoms with Crippen LogP contribution < -0.4 is 5.73 Å². The maximum atomic E-state index is 12.6. The first-order valence-corrected chi connectivity index (χ1v) is 7.67. The number of nitrogens with zero attached hydrogens (tertiary/aromatic N) is 1. The normalized spacial score (nSPS) is 29.6. The monoisotopic (exact) mass is 322 g/mol. The third-order valence-electron chi connectivity index (χ3n) is 4.70. The van der Waals surface area contributed by atoms with Gasteiger partial charge in [0.15, 0.2) is 0 Å². The summed E-state index contributed by atoms with van der Waals surface area (Å²) in [6.07, 6.45) is 2.29. The van der Waals surface area contributed by atoms with Crippen molar-refractivity contribution in [2.24, 2.45) is 17.6 Å². The van der Waals surface area contributed by atoms with Crippen molar-refractivity contribution in [2.75, 3.05) is 13.1 Å². The molecule has 0 spiro atoms. The zero-order valence-corrected chi connectivity index (χ0v) is 12.7. The molecule has 1 saturated carbocycles. The number of carbonyl (C=O) groups is 1. The highest BCUT2D eigenvalue weighted by molar-refractivity contribution is 9.10. The fourth-order valence-electron chi connectivity index (χ4n) is 3.48. The van der Waals surface area contributed by atoms with Gasteiger partial charge in [-0.3, -0.25) is 4.79 Å². The van der Waals surface area contributed by atoms with Crippen LogP contribution in [-0.4, -0.2) is 29.9 Å². The Kier molecular flexibility index (Phi) is 3.39. The first kappa shape index (κ1) is 13.1. The fourth-order valence-corrected chi connectivity index (χ4v) is 3.85. The van der Waals surface area contributed by atoms with Gasteiger partial charge in [-0.2, -0.15) is 0 Å². The third-order valence-corrected chi connectivity index (χ3v) is 5.56. The lowest BCUT2D eigenvalue weighted by Crippen LogP contribution is -2.33. The zero-order chi connectivity index (χ0) is 13.6. The second-order valence-corrected chi connectivity index (χ2v) is 6.64. The first-order valence-electron chi connectivity index (χ1n) is 6.88. The number of hydrogen-bond acceptors (Lipinski definition) is 2. The summed E-state index contributed by atoms with van der Waals surface area (Å²) in [5.74, 6) is 1.28. The molecule has 3 nitrogen and oxygen atoms in total. The molecule has 2 aliphatic rings. The second kappa shape index (κ2) is 4.91. The molecule has 0 radical (unpaired) electrons. The van der Waals surface area contributed by atoms with Crippen LogP contribution in [0.2, 0.25) is 0 Å². The number of likely N-dealkylation sites (tertiary alicyclic amines) is 1. The van der Waals surface area contributed by atoms with Crippen molar-refractivity contribution in [1.29, 1.82) is 0 Å². The smallest absolute Gasteiger partial charge is 0.254 e. The van der Waals surface area contributed by atoms with Crippen molar-refractivity contribution >= 4 is 21.8 Å². The van der Waals surface area contributed by atoms with E-state index in [1.807, 2.05) is 30.0 Å². The van der Waals surface area contributed by atoms with Crippen molar-refractivity contribution in [2.45, 2.75) is 25.8 Å². The molecule has 2 N–H and O–H groups in total. The number of rotatable bonds is 1. The highest BCUT2D eigenvalue weighted by Gasteiger charge is 2.42. The van der Waals surface area contributed by atoms with Crippen LogP contribution in [0.5, 0.6) is 0 Å². The van der Waals surface area contributed by atoms with Crippen LogP contribution in [0.25, 0.3) is 0 Å². The number of benzene rings is 1. The topological polar surface area (TPSA) is 46.3 Å². The molecule has 102 valence electrons. The summed E-state index contributed by atoms with van der Waals surface area (Å²) in [6.45, 7) is 3.69. The van der Waals surface area contributed by atoms with Crippen molar-refractivity contribution in [3.05, 3.63) is 33.8 Å². The zero-order valence-electron chi connectivity index (χ0n) is 11.1. The molecule has 1 aromatic rings. The van der Waals surface area contributed by atoms with E-state index in [-0.39, 0.29) is 11.9 Å². The second-order valence-electron chi connectivity index (χ2n) is 5.79. The average Bonchev–Trinajstić information content (AvgIpc) is 2.95. The SMILES string of the molecule is Cc1c(Br)cccc1C(=O)N1CC2CCC(N)C2C1. The van der Waals surface area contributed by atoms with Crippen LogP contribution in [-0.2, 0) is 0 Å². The van der Waals surface area contributed by atoms with E-state index in [1.165, 1.54) is 6.42 Å². The van der Waals surface area contributed by atoms with Crippen LogP contribution in [0.15, 0.2) is 22.7 Å². The number of fused-ring (bicyclic) bond motifs is 1. The Morgan fingerprint density at radius 1 is 1.37 bits per heavy atom. The van der Waals surface area contributed by atoms with Crippen LogP contribution in [0.4, 0.5) is 0 Å². The number of nitrogens with two attached hydrogens (primary N) is 1. The minimum absolute atomic E-state index is 0.153. The molecule has 1 saturated heterocycles. The molecule has 1 aliphatic carbocycles. The largest absolute Gasteiger partial charge is 0.338 e. The van der Waals surface area contributed by atoms with Crippen molar-refractivity contribution in [3.63, 3.8) is 0 Å². The van der Waals surface area contributed by atoms with E-state index in [4.69, 9.17) is 5.73 Å². The molecule has 1 aliphatic heterocycles. The van der Waals surface area contributed by atoms with E-state index in [1.54, 1.807) is 0 Å². The fraction of sp³-hybridized carbons (Fsp3) is 0.533. The van der Waals surface area contributed by atoms with Crippen LogP contribution >= 0.6 is 15.9 Å². The summed E-state index contributed by atoms with van der Waals surface area (Å²) in [5.41, 5.74) is 7.96. The molecule has 0 aromatic heterocycles. The molecule has 4 heteroatoms. The summed E-state index contributed by atoms with van der Waals surface area (Å²) in [4.78, 5) is 14.6. The van der Waals surface area contributed by atoms with Crippen LogP contribution in [0.1, 0.15) is 28.8 Å². The summed E-state index contributed by atoms with van der Waals surface area (Å²) in [7, 11) is 0. The summed E-state index contributed by atoms with van der Waals surface area (Å²) in [6, 6.07) is 6.09. The standard InChI is InChI=1S/C15H19BrN2O/c1-9-11(3-2-4-13(9)16)15(19)18-7-10-5-6-14(17)12(10)8-18/h2-4,10,12,14H,5-8,17H2,1H3. The van der Waals surface area contributed by atoms with E-state index in [9.17, 15) is 4.79 Å². The quantitative estimate of drug-likeness (QED) is 0.863. The van der Waals surface area contributed by atoms with Gasteiger partial charge in [0.1, 0.15) is 0 Å². The van der Waals surface area contributed by atoms with Crippen molar-refractivity contribution in [3.8, 4) is 0 Å². The highest BCUT2D eigenvalue weighted by atomic mass is 79.9. The molecule has 2 fully saturated rings. The molecule has 3 rings (SSSR count). The highest BCUT2D eigenvalue weighted by Crippen LogP contribution is 2.37. The molecule has 19 heavy (non-hydrogen) atoms. The Morgan fingerprint density at radius 2 is 2.16 bits per heavy atom.